The Labute approximate surface area is 182 Å². The molecule has 5 atom stereocenters. The van der Waals surface area contributed by atoms with Crippen LogP contribution < -0.4 is 26.2 Å². The van der Waals surface area contributed by atoms with Gasteiger partial charge in [-0.15, -0.1) is 0 Å². The van der Waals surface area contributed by atoms with Crippen LogP contribution in [0.4, 0.5) is 16.0 Å². The van der Waals surface area contributed by atoms with Crippen molar-refractivity contribution in [3.63, 3.8) is 0 Å². The van der Waals surface area contributed by atoms with E-state index in [-0.39, 0.29) is 12.8 Å². The number of hydrogen-bond acceptors (Lipinski definition) is 8. The molecule has 3 fully saturated rings. The van der Waals surface area contributed by atoms with Crippen LogP contribution in [-0.2, 0) is 0 Å². The molecule has 3 unspecified atom stereocenters. The summed E-state index contributed by atoms with van der Waals surface area (Å²) in [5.74, 6) is 2.33. The monoisotopic (exact) mass is 429 g/mol. The molecule has 0 amide bonds. The fourth-order valence-electron chi connectivity index (χ4n) is 5.43. The molecule has 5 rings (SSSR count). The van der Waals surface area contributed by atoms with Crippen molar-refractivity contribution >= 4 is 22.5 Å². The molecule has 8 nitrogen and oxygen atoms in total. The van der Waals surface area contributed by atoms with E-state index in [4.69, 9.17) is 9.72 Å². The number of piperidine rings is 1. The number of rotatable bonds is 7. The quantitative estimate of drug-likeness (QED) is 0.535. The van der Waals surface area contributed by atoms with E-state index < -0.39 is 0 Å². The highest BCUT2D eigenvalue weighted by molar-refractivity contribution is 5.92. The predicted octanol–water partition coefficient (Wildman–Crippen LogP) is 2.64. The summed E-state index contributed by atoms with van der Waals surface area (Å²) in [6, 6.07) is 5.62. The third-order valence-electron chi connectivity index (χ3n) is 6.87. The van der Waals surface area contributed by atoms with Gasteiger partial charge in [-0.3, -0.25) is 15.3 Å². The van der Waals surface area contributed by atoms with Gasteiger partial charge in [0.25, 0.3) is 0 Å². The Morgan fingerprint density at radius 1 is 1.16 bits per heavy atom. The average Bonchev–Trinajstić information content (AvgIpc) is 3.27. The Morgan fingerprint density at radius 3 is 2.65 bits per heavy atom. The minimum Gasteiger partial charge on any atom is -0.495 e. The number of nitrogens with zero attached hydrogens (tertiary/aromatic N) is 3. The van der Waals surface area contributed by atoms with E-state index in [1.807, 2.05) is 12.1 Å². The average molecular weight is 430 g/mol. The summed E-state index contributed by atoms with van der Waals surface area (Å²) in [7, 11) is 1.65. The SMILES string of the molecule is COc1cnc2cc(NC3CC(C)NN3)nc(NC3C[C@H]4CC[C@@H](C3)N4CCF)c2c1. The molecule has 31 heavy (non-hydrogen) atoms. The maximum absolute atomic E-state index is 13.0. The Hall–Kier alpha value is -2.23. The summed E-state index contributed by atoms with van der Waals surface area (Å²) >= 11 is 0. The molecule has 2 aromatic rings. The minimum absolute atomic E-state index is 0.117. The van der Waals surface area contributed by atoms with Gasteiger partial charge in [-0.05, 0) is 45.1 Å². The Bertz CT molecular complexity index is 914. The van der Waals surface area contributed by atoms with Crippen LogP contribution in [0, 0.1) is 0 Å². The summed E-state index contributed by atoms with van der Waals surface area (Å²) in [6.07, 6.45) is 7.17. The van der Waals surface area contributed by atoms with Crippen molar-refractivity contribution in [3.05, 3.63) is 18.3 Å². The number of hydrazine groups is 1. The lowest BCUT2D eigenvalue weighted by Crippen LogP contribution is -2.47. The third kappa shape index (κ3) is 4.26. The second-order valence-electron chi connectivity index (χ2n) is 9.04. The van der Waals surface area contributed by atoms with E-state index in [9.17, 15) is 4.39 Å². The van der Waals surface area contributed by atoms with Crippen LogP contribution in [0.15, 0.2) is 18.3 Å². The zero-order valence-corrected chi connectivity index (χ0v) is 18.2. The second-order valence-corrected chi connectivity index (χ2v) is 9.04. The van der Waals surface area contributed by atoms with Crippen LogP contribution in [0.1, 0.15) is 39.0 Å². The number of aromatic nitrogens is 2. The minimum atomic E-state index is -0.265. The van der Waals surface area contributed by atoms with Crippen LogP contribution in [0.5, 0.6) is 5.75 Å². The molecule has 0 spiro atoms. The number of hydrogen-bond donors (Lipinski definition) is 4. The van der Waals surface area contributed by atoms with Crippen LogP contribution in [0.3, 0.4) is 0 Å². The lowest BCUT2D eigenvalue weighted by atomic mass is 9.97. The van der Waals surface area contributed by atoms with Crippen LogP contribution in [0.25, 0.3) is 10.9 Å². The first-order valence-electron chi connectivity index (χ1n) is 11.3. The maximum Gasteiger partial charge on any atom is 0.138 e. The van der Waals surface area contributed by atoms with Crippen molar-refractivity contribution in [2.75, 3.05) is 31.0 Å². The zero-order chi connectivity index (χ0) is 21.4. The fourth-order valence-corrected chi connectivity index (χ4v) is 5.43. The highest BCUT2D eigenvalue weighted by Crippen LogP contribution is 2.37. The molecule has 3 aliphatic heterocycles. The molecule has 4 N–H and O–H groups in total. The first-order valence-corrected chi connectivity index (χ1v) is 11.3. The smallest absolute Gasteiger partial charge is 0.138 e. The Kier molecular flexibility index (Phi) is 5.81. The maximum atomic E-state index is 13.0. The van der Waals surface area contributed by atoms with Crippen molar-refractivity contribution in [3.8, 4) is 5.75 Å². The van der Waals surface area contributed by atoms with E-state index in [0.717, 1.165) is 54.6 Å². The summed E-state index contributed by atoms with van der Waals surface area (Å²) in [6.45, 7) is 2.44. The lowest BCUT2D eigenvalue weighted by Gasteiger charge is -2.39. The first kappa shape index (κ1) is 20.7. The summed E-state index contributed by atoms with van der Waals surface area (Å²) in [4.78, 5) is 11.9. The third-order valence-corrected chi connectivity index (χ3v) is 6.87. The number of methoxy groups -OCH3 is 1. The van der Waals surface area contributed by atoms with Crippen molar-refractivity contribution in [2.45, 2.75) is 69.4 Å². The first-order chi connectivity index (χ1) is 15.1. The van der Waals surface area contributed by atoms with E-state index in [1.54, 1.807) is 13.3 Å². The van der Waals surface area contributed by atoms with Crippen molar-refractivity contribution in [1.82, 2.24) is 25.7 Å². The number of anilines is 2. The van der Waals surface area contributed by atoms with Gasteiger partial charge in [0.15, 0.2) is 0 Å². The van der Waals surface area contributed by atoms with Gasteiger partial charge in [-0.1, -0.05) is 0 Å². The number of fused-ring (bicyclic) bond motifs is 3. The van der Waals surface area contributed by atoms with E-state index in [1.165, 1.54) is 0 Å². The Balaban J connectivity index is 1.40. The van der Waals surface area contributed by atoms with Gasteiger partial charge in [0.1, 0.15) is 24.1 Å². The summed E-state index contributed by atoms with van der Waals surface area (Å²) in [5.41, 5.74) is 7.37. The van der Waals surface area contributed by atoms with Crippen LogP contribution in [-0.4, -0.2) is 65.5 Å². The van der Waals surface area contributed by atoms with E-state index in [2.05, 4.69) is 38.3 Å². The largest absolute Gasteiger partial charge is 0.495 e. The van der Waals surface area contributed by atoms with Crippen LogP contribution >= 0.6 is 0 Å². The van der Waals surface area contributed by atoms with E-state index >= 15 is 0 Å². The molecule has 9 heteroatoms. The van der Waals surface area contributed by atoms with Gasteiger partial charge >= 0.3 is 0 Å². The number of ether oxygens (including phenoxy) is 1. The molecule has 3 saturated heterocycles. The molecule has 3 aliphatic rings. The molecule has 0 aliphatic carbocycles. The number of alkyl halides is 1. The number of pyridine rings is 2. The zero-order valence-electron chi connectivity index (χ0n) is 18.2. The summed E-state index contributed by atoms with van der Waals surface area (Å²) in [5, 5.41) is 8.14. The highest BCUT2D eigenvalue weighted by atomic mass is 19.1. The predicted molar refractivity (Wildman–Crippen MR) is 120 cm³/mol. The molecule has 168 valence electrons. The van der Waals surface area contributed by atoms with Crippen molar-refractivity contribution in [1.29, 1.82) is 0 Å². The molecule has 2 bridgehead atoms. The molecule has 2 aromatic heterocycles. The van der Waals surface area contributed by atoms with Crippen LogP contribution in [0.2, 0.25) is 0 Å². The van der Waals surface area contributed by atoms with Crippen molar-refractivity contribution in [2.24, 2.45) is 0 Å². The number of nitrogens with one attached hydrogen (secondary N) is 4. The van der Waals surface area contributed by atoms with Gasteiger partial charge in [0.05, 0.1) is 25.0 Å². The van der Waals surface area contributed by atoms with Gasteiger partial charge in [-0.25, -0.2) is 14.8 Å². The van der Waals surface area contributed by atoms with Gasteiger partial charge in [-0.2, -0.15) is 0 Å². The standard InChI is InChI=1S/C22H32FN7O/c1-13-7-21(29-28-13)26-20-11-19-18(10-17(31-2)12-24-19)22(27-20)25-14-8-15-3-4-16(9-14)30(15)6-5-23/h10-16,21,28-29H,3-9H2,1-2H3,(H2,25,26,27)/t13?,14?,15-,16+,21?. The molecular weight excluding hydrogens is 397 g/mol. The molecular formula is C22H32FN7O. The van der Waals surface area contributed by atoms with Gasteiger partial charge in [0, 0.05) is 42.2 Å². The lowest BCUT2D eigenvalue weighted by molar-refractivity contribution is 0.123. The number of halogens is 1. The topological polar surface area (TPSA) is 86.4 Å². The molecule has 0 saturated carbocycles. The van der Waals surface area contributed by atoms with Gasteiger partial charge < -0.3 is 15.4 Å². The van der Waals surface area contributed by atoms with E-state index in [0.29, 0.717) is 36.5 Å². The highest BCUT2D eigenvalue weighted by Gasteiger charge is 2.40. The second kappa shape index (κ2) is 8.72. The Morgan fingerprint density at radius 2 is 1.97 bits per heavy atom. The fraction of sp³-hybridized carbons (Fsp3) is 0.636. The molecule has 5 heterocycles. The molecule has 0 aromatic carbocycles. The molecule has 0 radical (unpaired) electrons. The summed E-state index contributed by atoms with van der Waals surface area (Å²) < 4.78 is 18.4. The van der Waals surface area contributed by atoms with Crippen molar-refractivity contribution < 1.29 is 9.13 Å². The van der Waals surface area contributed by atoms with Gasteiger partial charge in [0.2, 0.25) is 0 Å². The normalized spacial score (nSPS) is 30.6.